The average molecular weight is 302 g/mol. The monoisotopic (exact) mass is 302 g/mol. The van der Waals surface area contributed by atoms with E-state index in [0.717, 1.165) is 17.5 Å². The lowest BCUT2D eigenvalue weighted by Crippen LogP contribution is -2.36. The third-order valence-corrected chi connectivity index (χ3v) is 4.26. The molecule has 1 aliphatic heterocycles. The Morgan fingerprint density at radius 2 is 1.83 bits per heavy atom. The summed E-state index contributed by atoms with van der Waals surface area (Å²) in [5.74, 6) is -0.190. The van der Waals surface area contributed by atoms with E-state index in [-0.39, 0.29) is 11.5 Å². The maximum Gasteiger partial charge on any atom is 0.264 e. The highest BCUT2D eigenvalue weighted by molar-refractivity contribution is 6.01. The zero-order valence-corrected chi connectivity index (χ0v) is 13.1. The van der Waals surface area contributed by atoms with Gasteiger partial charge in [-0.3, -0.25) is 4.79 Å². The molecule has 0 aliphatic carbocycles. The Balaban J connectivity index is 1.85. The first-order chi connectivity index (χ1) is 11.2. The molecule has 3 rings (SSSR count). The summed E-state index contributed by atoms with van der Waals surface area (Å²) in [6.45, 7) is 3.20. The molecule has 1 amide bonds. The van der Waals surface area contributed by atoms with Crippen LogP contribution in [0.25, 0.3) is 6.08 Å². The van der Waals surface area contributed by atoms with Gasteiger partial charge in [-0.2, -0.15) is 5.26 Å². The third-order valence-electron chi connectivity index (χ3n) is 4.26. The number of carbonyl (C=O) groups is 1. The lowest BCUT2D eigenvalue weighted by atomic mass is 9.99. The molecule has 23 heavy (non-hydrogen) atoms. The summed E-state index contributed by atoms with van der Waals surface area (Å²) in [4.78, 5) is 14.4. The fraction of sp³-hybridized carbons (Fsp3) is 0.200. The molecule has 0 radical (unpaired) electrons. The van der Waals surface area contributed by atoms with Crippen molar-refractivity contribution in [2.24, 2.45) is 0 Å². The molecular formula is C20H18N2O. The number of aryl methyl sites for hydroxylation is 1. The number of hydrogen-bond acceptors (Lipinski definition) is 2. The summed E-state index contributed by atoms with van der Waals surface area (Å²) in [7, 11) is 0. The molecule has 1 heterocycles. The molecule has 1 aliphatic rings. The molecule has 0 fully saturated rings. The van der Waals surface area contributed by atoms with Crippen LogP contribution in [0.4, 0.5) is 0 Å². The maximum atomic E-state index is 12.7. The second-order valence-electron chi connectivity index (χ2n) is 5.77. The van der Waals surface area contributed by atoms with Gasteiger partial charge in [0.1, 0.15) is 11.6 Å². The van der Waals surface area contributed by atoms with E-state index in [1.54, 1.807) is 11.0 Å². The van der Waals surface area contributed by atoms with E-state index in [1.807, 2.05) is 49.4 Å². The van der Waals surface area contributed by atoms with Crippen LogP contribution < -0.4 is 0 Å². The van der Waals surface area contributed by atoms with E-state index in [0.29, 0.717) is 13.1 Å². The first-order valence-corrected chi connectivity index (χ1v) is 7.72. The van der Waals surface area contributed by atoms with Gasteiger partial charge in [-0.1, -0.05) is 48.5 Å². The first-order valence-electron chi connectivity index (χ1n) is 7.72. The molecular weight excluding hydrogens is 284 g/mol. The second-order valence-corrected chi connectivity index (χ2v) is 5.77. The molecule has 0 bridgehead atoms. The van der Waals surface area contributed by atoms with Gasteiger partial charge in [0.05, 0.1) is 0 Å². The molecule has 0 N–H and O–H groups in total. The Labute approximate surface area is 136 Å². The molecule has 114 valence electrons. The standard InChI is InChI=1S/C20H18N2O/c1-15-6-2-3-8-17(15)12-19(13-21)20(23)22-11-10-16-7-4-5-9-18(16)14-22/h2-9,12H,10-11,14H2,1H3/b19-12+. The smallest absolute Gasteiger partial charge is 0.264 e. The summed E-state index contributed by atoms with van der Waals surface area (Å²) in [6.07, 6.45) is 2.53. The lowest BCUT2D eigenvalue weighted by molar-refractivity contribution is -0.127. The SMILES string of the molecule is Cc1ccccc1/C=C(\C#N)C(=O)N1CCc2ccccc2C1. The van der Waals surface area contributed by atoms with Crippen molar-refractivity contribution >= 4 is 12.0 Å². The zero-order valence-electron chi connectivity index (χ0n) is 13.1. The summed E-state index contributed by atoms with van der Waals surface area (Å²) >= 11 is 0. The number of nitrogens with zero attached hydrogens (tertiary/aromatic N) is 2. The van der Waals surface area contributed by atoms with Crippen LogP contribution in [-0.4, -0.2) is 17.4 Å². The van der Waals surface area contributed by atoms with Crippen LogP contribution in [0.2, 0.25) is 0 Å². The fourth-order valence-electron chi connectivity index (χ4n) is 2.89. The van der Waals surface area contributed by atoms with Gasteiger partial charge < -0.3 is 4.90 Å². The van der Waals surface area contributed by atoms with Crippen molar-refractivity contribution in [3.8, 4) is 6.07 Å². The molecule has 0 unspecified atom stereocenters. The molecule has 0 aromatic heterocycles. The fourth-order valence-corrected chi connectivity index (χ4v) is 2.89. The minimum atomic E-state index is -0.190. The molecule has 0 spiro atoms. The Morgan fingerprint density at radius 3 is 2.57 bits per heavy atom. The van der Waals surface area contributed by atoms with Crippen molar-refractivity contribution in [1.29, 1.82) is 5.26 Å². The lowest BCUT2D eigenvalue weighted by Gasteiger charge is -2.28. The molecule has 3 heteroatoms. The quantitative estimate of drug-likeness (QED) is 0.629. The molecule has 0 saturated carbocycles. The molecule has 0 atom stereocenters. The van der Waals surface area contributed by atoms with E-state index < -0.39 is 0 Å². The molecule has 3 nitrogen and oxygen atoms in total. The average Bonchev–Trinajstić information content (AvgIpc) is 2.60. The maximum absolute atomic E-state index is 12.7. The van der Waals surface area contributed by atoms with Gasteiger partial charge in [0.2, 0.25) is 0 Å². The van der Waals surface area contributed by atoms with Gasteiger partial charge in [0.15, 0.2) is 0 Å². The van der Waals surface area contributed by atoms with Gasteiger partial charge >= 0.3 is 0 Å². The van der Waals surface area contributed by atoms with Crippen molar-refractivity contribution < 1.29 is 4.79 Å². The Bertz CT molecular complexity index is 814. The second kappa shape index (κ2) is 6.50. The van der Waals surface area contributed by atoms with Gasteiger partial charge in [0, 0.05) is 13.1 Å². The van der Waals surface area contributed by atoms with Crippen LogP contribution in [0.15, 0.2) is 54.1 Å². The highest BCUT2D eigenvalue weighted by Crippen LogP contribution is 2.21. The van der Waals surface area contributed by atoms with Crippen molar-refractivity contribution in [3.63, 3.8) is 0 Å². The summed E-state index contributed by atoms with van der Waals surface area (Å²) in [5.41, 5.74) is 4.61. The van der Waals surface area contributed by atoms with E-state index >= 15 is 0 Å². The van der Waals surface area contributed by atoms with Crippen LogP contribution in [0.5, 0.6) is 0 Å². The van der Waals surface area contributed by atoms with Crippen molar-refractivity contribution in [1.82, 2.24) is 4.90 Å². The minimum absolute atomic E-state index is 0.190. The Kier molecular flexibility index (Phi) is 4.25. The van der Waals surface area contributed by atoms with Crippen molar-refractivity contribution in [3.05, 3.63) is 76.4 Å². The van der Waals surface area contributed by atoms with Crippen LogP contribution in [0.1, 0.15) is 22.3 Å². The van der Waals surface area contributed by atoms with Gasteiger partial charge in [0.25, 0.3) is 5.91 Å². The molecule has 0 saturated heterocycles. The number of hydrogen-bond donors (Lipinski definition) is 0. The molecule has 2 aromatic carbocycles. The number of benzene rings is 2. The van der Waals surface area contributed by atoms with E-state index in [4.69, 9.17) is 0 Å². The normalized spacial score (nSPS) is 14.1. The Hall–Kier alpha value is -2.86. The van der Waals surface area contributed by atoms with Gasteiger partial charge in [-0.25, -0.2) is 0 Å². The number of rotatable bonds is 2. The predicted octanol–water partition coefficient (Wildman–Crippen LogP) is 3.49. The van der Waals surface area contributed by atoms with E-state index in [2.05, 4.69) is 12.1 Å². The number of nitriles is 1. The topological polar surface area (TPSA) is 44.1 Å². The summed E-state index contributed by atoms with van der Waals surface area (Å²) in [6, 6.07) is 18.0. The molecule has 2 aromatic rings. The zero-order chi connectivity index (χ0) is 16.2. The van der Waals surface area contributed by atoms with Gasteiger partial charge in [-0.05, 0) is 41.7 Å². The number of carbonyl (C=O) groups excluding carboxylic acids is 1. The minimum Gasteiger partial charge on any atom is -0.333 e. The van der Waals surface area contributed by atoms with Crippen LogP contribution >= 0.6 is 0 Å². The van der Waals surface area contributed by atoms with Crippen LogP contribution in [-0.2, 0) is 17.8 Å². The predicted molar refractivity (Wildman–Crippen MR) is 90.3 cm³/mol. The highest BCUT2D eigenvalue weighted by atomic mass is 16.2. The van der Waals surface area contributed by atoms with Crippen LogP contribution in [0.3, 0.4) is 0 Å². The van der Waals surface area contributed by atoms with E-state index in [9.17, 15) is 10.1 Å². The number of amides is 1. The number of fused-ring (bicyclic) bond motifs is 1. The Morgan fingerprint density at radius 1 is 1.13 bits per heavy atom. The van der Waals surface area contributed by atoms with Gasteiger partial charge in [-0.15, -0.1) is 0 Å². The van der Waals surface area contributed by atoms with Crippen LogP contribution in [0, 0.1) is 18.3 Å². The third kappa shape index (κ3) is 3.17. The summed E-state index contributed by atoms with van der Waals surface area (Å²) < 4.78 is 0. The first kappa shape index (κ1) is 15.1. The van der Waals surface area contributed by atoms with E-state index in [1.165, 1.54) is 11.1 Å². The van der Waals surface area contributed by atoms with Crippen molar-refractivity contribution in [2.45, 2.75) is 19.9 Å². The largest absolute Gasteiger partial charge is 0.333 e. The highest BCUT2D eigenvalue weighted by Gasteiger charge is 2.23. The summed E-state index contributed by atoms with van der Waals surface area (Å²) in [5, 5.41) is 9.41. The van der Waals surface area contributed by atoms with Crippen molar-refractivity contribution in [2.75, 3.05) is 6.54 Å².